The van der Waals surface area contributed by atoms with Gasteiger partial charge in [0, 0.05) is 7.05 Å². The van der Waals surface area contributed by atoms with Gasteiger partial charge in [-0.1, -0.05) is 76.3 Å². The van der Waals surface area contributed by atoms with Crippen molar-refractivity contribution in [2.24, 2.45) is 7.05 Å². The van der Waals surface area contributed by atoms with Crippen LogP contribution in [-0.4, -0.2) is 28.2 Å². The fourth-order valence-electron chi connectivity index (χ4n) is 3.67. The molecule has 0 atom stereocenters. The lowest BCUT2D eigenvalue weighted by atomic mass is 10.1. The van der Waals surface area contributed by atoms with Crippen LogP contribution in [0.25, 0.3) is 0 Å². The molecule has 0 saturated carbocycles. The SMILES string of the molecule is CCCCCCCCCCCCOC(=O)c1ccc(Cl)c(NC(=O)NNc2nc(C#N)c(C#N)n2C)c1. The minimum Gasteiger partial charge on any atom is -0.462 e. The number of hydrogen-bond acceptors (Lipinski definition) is 7. The monoisotopic (exact) mass is 527 g/mol. The first kappa shape index (κ1) is 29.5. The van der Waals surface area contributed by atoms with Gasteiger partial charge < -0.3 is 14.6 Å². The van der Waals surface area contributed by atoms with Crippen LogP contribution in [0.15, 0.2) is 18.2 Å². The zero-order valence-corrected chi connectivity index (χ0v) is 22.2. The summed E-state index contributed by atoms with van der Waals surface area (Å²) in [5, 5.41) is 20.9. The molecule has 11 heteroatoms. The van der Waals surface area contributed by atoms with Crippen molar-refractivity contribution in [1.82, 2.24) is 15.0 Å². The average Bonchev–Trinajstić information content (AvgIpc) is 3.21. The van der Waals surface area contributed by atoms with E-state index < -0.39 is 12.0 Å². The number of nitriles is 2. The third kappa shape index (κ3) is 9.66. The van der Waals surface area contributed by atoms with Gasteiger partial charge in [0.15, 0.2) is 11.4 Å². The Morgan fingerprint density at radius 1 is 1.03 bits per heavy atom. The molecule has 2 rings (SSSR count). The molecule has 0 saturated heterocycles. The zero-order chi connectivity index (χ0) is 27.0. The number of halogens is 1. The van der Waals surface area contributed by atoms with E-state index in [1.54, 1.807) is 0 Å². The number of carbonyl (C=O) groups is 2. The van der Waals surface area contributed by atoms with Crippen LogP contribution in [0, 0.1) is 22.7 Å². The van der Waals surface area contributed by atoms with Gasteiger partial charge in [0.2, 0.25) is 5.95 Å². The first-order valence-corrected chi connectivity index (χ1v) is 13.0. The number of benzene rings is 1. The van der Waals surface area contributed by atoms with E-state index in [0.29, 0.717) is 6.61 Å². The predicted molar refractivity (Wildman–Crippen MR) is 142 cm³/mol. The molecular formula is C26H34ClN7O3. The Balaban J connectivity index is 1.75. The van der Waals surface area contributed by atoms with Gasteiger partial charge in [-0.15, -0.1) is 0 Å². The van der Waals surface area contributed by atoms with Crippen molar-refractivity contribution in [3.05, 3.63) is 40.2 Å². The minimum atomic E-state index is -0.696. The van der Waals surface area contributed by atoms with Gasteiger partial charge in [0.05, 0.1) is 22.9 Å². The Labute approximate surface area is 222 Å². The predicted octanol–water partition coefficient (Wildman–Crippen LogP) is 6.04. The Morgan fingerprint density at radius 3 is 2.27 bits per heavy atom. The second-order valence-corrected chi connectivity index (χ2v) is 9.04. The van der Waals surface area contributed by atoms with E-state index in [-0.39, 0.29) is 33.6 Å². The van der Waals surface area contributed by atoms with Gasteiger partial charge in [-0.3, -0.25) is 5.43 Å². The van der Waals surface area contributed by atoms with Gasteiger partial charge in [-0.05, 0) is 24.6 Å². The number of hydrazine groups is 1. The van der Waals surface area contributed by atoms with Crippen LogP contribution in [0.2, 0.25) is 5.02 Å². The fraction of sp³-hybridized carbons (Fsp3) is 0.500. The van der Waals surface area contributed by atoms with Crippen molar-refractivity contribution in [3.63, 3.8) is 0 Å². The van der Waals surface area contributed by atoms with E-state index in [1.807, 2.05) is 12.1 Å². The summed E-state index contributed by atoms with van der Waals surface area (Å²) < 4.78 is 6.70. The highest BCUT2D eigenvalue weighted by Crippen LogP contribution is 2.23. The lowest BCUT2D eigenvalue weighted by Crippen LogP contribution is -2.34. The quantitative estimate of drug-likeness (QED) is 0.145. The van der Waals surface area contributed by atoms with E-state index in [1.165, 1.54) is 74.8 Å². The van der Waals surface area contributed by atoms with Crippen molar-refractivity contribution in [1.29, 1.82) is 10.5 Å². The fourth-order valence-corrected chi connectivity index (χ4v) is 3.83. The number of imidazole rings is 1. The van der Waals surface area contributed by atoms with E-state index in [9.17, 15) is 9.59 Å². The first-order valence-electron chi connectivity index (χ1n) is 12.6. The molecule has 0 spiro atoms. The maximum atomic E-state index is 12.4. The molecule has 0 aliphatic carbocycles. The largest absolute Gasteiger partial charge is 0.462 e. The molecule has 2 amide bonds. The summed E-state index contributed by atoms with van der Waals surface area (Å²) in [7, 11) is 1.52. The smallest absolute Gasteiger partial charge is 0.338 e. The summed E-state index contributed by atoms with van der Waals surface area (Å²) >= 11 is 6.17. The molecule has 198 valence electrons. The van der Waals surface area contributed by atoms with Gasteiger partial charge in [0.25, 0.3) is 0 Å². The van der Waals surface area contributed by atoms with Crippen LogP contribution in [0.1, 0.15) is 92.9 Å². The van der Waals surface area contributed by atoms with Gasteiger partial charge in [-0.25, -0.2) is 15.0 Å². The number of nitrogens with zero attached hydrogens (tertiary/aromatic N) is 4. The second kappa shape index (κ2) is 16.1. The molecule has 0 bridgehead atoms. The van der Waals surface area contributed by atoms with Crippen LogP contribution in [0.5, 0.6) is 0 Å². The zero-order valence-electron chi connectivity index (χ0n) is 21.4. The number of hydrogen-bond donors (Lipinski definition) is 3. The summed E-state index contributed by atoms with van der Waals surface area (Å²) in [5.74, 6) is -0.395. The van der Waals surface area contributed by atoms with Gasteiger partial charge in [0.1, 0.15) is 12.1 Å². The van der Waals surface area contributed by atoms with Crippen molar-refractivity contribution >= 4 is 35.2 Å². The number of nitrogens with one attached hydrogen (secondary N) is 3. The highest BCUT2D eigenvalue weighted by Gasteiger charge is 2.16. The van der Waals surface area contributed by atoms with Crippen LogP contribution in [0.3, 0.4) is 0 Å². The van der Waals surface area contributed by atoms with E-state index in [2.05, 4.69) is 28.1 Å². The molecule has 0 fully saturated rings. The summed E-state index contributed by atoms with van der Waals surface area (Å²) in [6.07, 6.45) is 12.0. The molecule has 37 heavy (non-hydrogen) atoms. The Hall–Kier alpha value is -3.76. The molecule has 1 aromatic carbocycles. The number of anilines is 2. The summed E-state index contributed by atoms with van der Waals surface area (Å²) in [6, 6.07) is 7.46. The molecular weight excluding hydrogens is 494 g/mol. The molecule has 10 nitrogen and oxygen atoms in total. The third-order valence-corrected chi connectivity index (χ3v) is 6.11. The molecule has 0 radical (unpaired) electrons. The molecule has 0 aliphatic rings. The summed E-state index contributed by atoms with van der Waals surface area (Å²) in [5.41, 5.74) is 5.35. The first-order chi connectivity index (χ1) is 17.9. The molecule has 1 heterocycles. The third-order valence-electron chi connectivity index (χ3n) is 5.78. The number of amides is 2. The average molecular weight is 528 g/mol. The molecule has 1 aromatic heterocycles. The number of rotatable bonds is 15. The lowest BCUT2D eigenvalue weighted by Gasteiger charge is -2.12. The normalized spacial score (nSPS) is 10.3. The van der Waals surface area contributed by atoms with Gasteiger partial charge >= 0.3 is 12.0 Å². The van der Waals surface area contributed by atoms with E-state index in [0.717, 1.165) is 19.3 Å². The van der Waals surface area contributed by atoms with Crippen LogP contribution >= 0.6 is 11.6 Å². The van der Waals surface area contributed by atoms with Crippen LogP contribution < -0.4 is 16.2 Å². The Kier molecular flexibility index (Phi) is 12.8. The maximum absolute atomic E-state index is 12.4. The molecule has 2 aromatic rings. The maximum Gasteiger partial charge on any atom is 0.338 e. The highest BCUT2D eigenvalue weighted by atomic mass is 35.5. The van der Waals surface area contributed by atoms with Crippen molar-refractivity contribution in [3.8, 4) is 12.1 Å². The molecule has 0 unspecified atom stereocenters. The van der Waals surface area contributed by atoms with Crippen molar-refractivity contribution < 1.29 is 14.3 Å². The molecule has 0 aliphatic heterocycles. The number of unbranched alkanes of at least 4 members (excludes halogenated alkanes) is 9. The van der Waals surface area contributed by atoms with Gasteiger partial charge in [-0.2, -0.15) is 15.5 Å². The van der Waals surface area contributed by atoms with Crippen molar-refractivity contribution in [2.75, 3.05) is 17.3 Å². The number of esters is 1. The van der Waals surface area contributed by atoms with E-state index in [4.69, 9.17) is 26.9 Å². The van der Waals surface area contributed by atoms with Crippen molar-refractivity contribution in [2.45, 2.75) is 71.1 Å². The molecule has 3 N–H and O–H groups in total. The Morgan fingerprint density at radius 2 is 1.68 bits per heavy atom. The standard InChI is InChI=1S/C26H34ClN7O3/c1-3-4-5-6-7-8-9-10-11-12-15-37-24(35)19-13-14-20(27)21(16-19)31-26(36)33-32-25-30-22(17-28)23(18-29)34(25)2/h13-14,16H,3-12,15H2,1-2H3,(H,30,32)(H2,31,33,36). The van der Waals surface area contributed by atoms with E-state index >= 15 is 0 Å². The summed E-state index contributed by atoms with van der Waals surface area (Å²) in [6.45, 7) is 2.56. The number of urea groups is 1. The topological polar surface area (TPSA) is 145 Å². The van der Waals surface area contributed by atoms with Crippen LogP contribution in [-0.2, 0) is 11.8 Å². The summed E-state index contributed by atoms with van der Waals surface area (Å²) in [4.78, 5) is 28.7. The van der Waals surface area contributed by atoms with Crippen LogP contribution in [0.4, 0.5) is 16.4 Å². The number of ether oxygens (including phenoxy) is 1. The number of aromatic nitrogens is 2. The second-order valence-electron chi connectivity index (χ2n) is 8.63. The lowest BCUT2D eigenvalue weighted by molar-refractivity contribution is 0.0497. The minimum absolute atomic E-state index is 0.0549. The number of carbonyl (C=O) groups excluding carboxylic acids is 2. The Bertz CT molecular complexity index is 1130. The highest BCUT2D eigenvalue weighted by molar-refractivity contribution is 6.33.